The molecule has 2 aliphatic heterocycles. The molecular formula is C25H28Cl2IN5O. The van der Waals surface area contributed by atoms with Crippen LogP contribution in [0.1, 0.15) is 43.7 Å². The van der Waals surface area contributed by atoms with Crippen LogP contribution in [-0.4, -0.2) is 53.7 Å². The first-order valence-electron chi connectivity index (χ1n) is 11.8. The van der Waals surface area contributed by atoms with Crippen molar-refractivity contribution in [3.8, 4) is 0 Å². The van der Waals surface area contributed by atoms with Gasteiger partial charge in [0.15, 0.2) is 0 Å². The quantitative estimate of drug-likeness (QED) is 0.454. The number of hydrazone groups is 1. The molecule has 2 heterocycles. The maximum Gasteiger partial charge on any atom is 0.281 e. The lowest BCUT2D eigenvalue weighted by molar-refractivity contribution is -0.120. The molecule has 1 N–H and O–H groups in total. The van der Waals surface area contributed by atoms with Crippen LogP contribution in [0.3, 0.4) is 0 Å². The molecule has 0 bridgehead atoms. The van der Waals surface area contributed by atoms with Crippen molar-refractivity contribution in [2.24, 2.45) is 5.10 Å². The van der Waals surface area contributed by atoms with Gasteiger partial charge >= 0.3 is 0 Å². The maximum absolute atomic E-state index is 13.2. The van der Waals surface area contributed by atoms with Crippen molar-refractivity contribution >= 4 is 63.1 Å². The summed E-state index contributed by atoms with van der Waals surface area (Å²) >= 11 is 14.9. The molecule has 1 saturated carbocycles. The van der Waals surface area contributed by atoms with Crippen LogP contribution < -0.4 is 10.4 Å². The van der Waals surface area contributed by atoms with E-state index in [-0.39, 0.29) is 11.9 Å². The van der Waals surface area contributed by atoms with Gasteiger partial charge in [0.25, 0.3) is 5.91 Å². The largest absolute Gasteiger partial charge is 0.298 e. The molecule has 2 fully saturated rings. The zero-order chi connectivity index (χ0) is 23.7. The number of halogens is 3. The molecule has 34 heavy (non-hydrogen) atoms. The smallest absolute Gasteiger partial charge is 0.281 e. The number of rotatable bonds is 5. The van der Waals surface area contributed by atoms with Gasteiger partial charge in [0.05, 0.1) is 16.8 Å². The predicted molar refractivity (Wildman–Crippen MR) is 146 cm³/mol. The third kappa shape index (κ3) is 5.38. The third-order valence-electron chi connectivity index (χ3n) is 7.00. The van der Waals surface area contributed by atoms with Gasteiger partial charge in [-0.1, -0.05) is 48.2 Å². The second-order valence-electron chi connectivity index (χ2n) is 9.16. The average Bonchev–Trinajstić information content (AvgIpc) is 3.51. The number of piperazine rings is 1. The van der Waals surface area contributed by atoms with E-state index in [0.717, 1.165) is 47.0 Å². The van der Waals surface area contributed by atoms with E-state index in [9.17, 15) is 4.79 Å². The number of anilines is 1. The summed E-state index contributed by atoms with van der Waals surface area (Å²) in [5.41, 5.74) is 5.44. The van der Waals surface area contributed by atoms with Crippen molar-refractivity contribution in [1.82, 2.24) is 15.3 Å². The molecule has 1 atom stereocenters. The van der Waals surface area contributed by atoms with Crippen molar-refractivity contribution < 1.29 is 4.79 Å². The van der Waals surface area contributed by atoms with Crippen molar-refractivity contribution in [2.45, 2.75) is 44.2 Å². The molecular weight excluding hydrogens is 584 g/mol. The van der Waals surface area contributed by atoms with Gasteiger partial charge in [0, 0.05) is 47.2 Å². The summed E-state index contributed by atoms with van der Waals surface area (Å²) in [7, 11) is 0. The lowest BCUT2D eigenvalue weighted by Gasteiger charge is -2.37. The van der Waals surface area contributed by atoms with Crippen molar-refractivity contribution in [3.05, 3.63) is 61.6 Å². The van der Waals surface area contributed by atoms with Crippen LogP contribution in [0.2, 0.25) is 10.0 Å². The van der Waals surface area contributed by atoms with E-state index in [0.29, 0.717) is 22.2 Å². The number of hydrogen-bond acceptors (Lipinski definition) is 5. The number of nitrogens with zero attached hydrogens (tertiary/aromatic N) is 4. The minimum absolute atomic E-state index is 0.130. The van der Waals surface area contributed by atoms with E-state index in [2.05, 4.69) is 32.9 Å². The number of amides is 1. The Morgan fingerprint density at radius 2 is 1.71 bits per heavy atom. The Hall–Kier alpha value is -1.39. The summed E-state index contributed by atoms with van der Waals surface area (Å²) in [6.07, 6.45) is 5.81. The SMILES string of the molecule is O=C(NN1CCN(C2CCCC2)CC1)C1=NN(c2ccc(I)cc2Cl)C(c2ccc(Cl)cc2)C1. The number of carbonyl (C=O) groups excluding carboxylic acids is 1. The molecule has 1 aliphatic carbocycles. The fourth-order valence-electron chi connectivity index (χ4n) is 5.16. The molecule has 6 nitrogen and oxygen atoms in total. The van der Waals surface area contributed by atoms with E-state index in [1.165, 1.54) is 25.7 Å². The zero-order valence-electron chi connectivity index (χ0n) is 18.9. The Kier molecular flexibility index (Phi) is 7.65. The van der Waals surface area contributed by atoms with E-state index >= 15 is 0 Å². The summed E-state index contributed by atoms with van der Waals surface area (Å²) in [6, 6.07) is 14.2. The standard InChI is InChI=1S/C25H28Cl2IN5O/c26-18-7-5-17(6-8-18)24-16-22(29-33(24)23-10-9-19(28)15-21(23)27)25(34)30-32-13-11-31(12-14-32)20-3-1-2-4-20/h5-10,15,20,24H,1-4,11-14,16H2,(H,30,34). The molecule has 1 saturated heterocycles. The van der Waals surface area contributed by atoms with E-state index < -0.39 is 0 Å². The molecule has 3 aliphatic rings. The second-order valence-corrected chi connectivity index (χ2v) is 11.2. The van der Waals surface area contributed by atoms with Gasteiger partial charge in [-0.2, -0.15) is 5.10 Å². The Labute approximate surface area is 224 Å². The van der Waals surface area contributed by atoms with Crippen LogP contribution in [0.5, 0.6) is 0 Å². The van der Waals surface area contributed by atoms with Crippen LogP contribution in [0.4, 0.5) is 5.69 Å². The number of hydrogen-bond donors (Lipinski definition) is 1. The highest BCUT2D eigenvalue weighted by Gasteiger charge is 2.34. The number of carbonyl (C=O) groups is 1. The molecule has 180 valence electrons. The van der Waals surface area contributed by atoms with Gasteiger partial charge in [-0.15, -0.1) is 0 Å². The first-order chi connectivity index (χ1) is 16.5. The van der Waals surface area contributed by atoms with E-state index in [4.69, 9.17) is 28.3 Å². The molecule has 1 amide bonds. The molecule has 0 aromatic heterocycles. The molecule has 0 radical (unpaired) electrons. The fourth-order valence-corrected chi connectivity index (χ4v) is 6.23. The molecule has 5 rings (SSSR count). The topological polar surface area (TPSA) is 51.2 Å². The number of benzene rings is 2. The number of hydrazine groups is 1. The van der Waals surface area contributed by atoms with Crippen LogP contribution in [-0.2, 0) is 4.79 Å². The number of nitrogens with one attached hydrogen (secondary N) is 1. The first kappa shape index (κ1) is 24.3. The van der Waals surface area contributed by atoms with Gasteiger partial charge in [-0.25, -0.2) is 5.01 Å². The van der Waals surface area contributed by atoms with Crippen LogP contribution >= 0.6 is 45.8 Å². The molecule has 1 unspecified atom stereocenters. The Morgan fingerprint density at radius 3 is 2.38 bits per heavy atom. The Morgan fingerprint density at radius 1 is 1.00 bits per heavy atom. The summed E-state index contributed by atoms with van der Waals surface area (Å²) in [5, 5.41) is 9.95. The summed E-state index contributed by atoms with van der Waals surface area (Å²) < 4.78 is 1.05. The molecule has 2 aromatic carbocycles. The van der Waals surface area contributed by atoms with Gasteiger partial charge in [0.1, 0.15) is 5.71 Å². The minimum Gasteiger partial charge on any atom is -0.298 e. The molecule has 2 aromatic rings. The normalized spacial score (nSPS) is 22.3. The lowest BCUT2D eigenvalue weighted by Crippen LogP contribution is -2.56. The Bertz CT molecular complexity index is 1070. The molecule has 9 heteroatoms. The van der Waals surface area contributed by atoms with Crippen LogP contribution in [0, 0.1) is 3.57 Å². The monoisotopic (exact) mass is 611 g/mol. The highest BCUT2D eigenvalue weighted by Crippen LogP contribution is 2.39. The third-order valence-corrected chi connectivity index (χ3v) is 8.22. The van der Waals surface area contributed by atoms with E-state index in [1.807, 2.05) is 52.5 Å². The summed E-state index contributed by atoms with van der Waals surface area (Å²) in [6.45, 7) is 3.66. The van der Waals surface area contributed by atoms with Crippen molar-refractivity contribution in [2.75, 3.05) is 31.2 Å². The average molecular weight is 612 g/mol. The second kappa shape index (κ2) is 10.7. The van der Waals surface area contributed by atoms with Crippen molar-refractivity contribution in [3.63, 3.8) is 0 Å². The van der Waals surface area contributed by atoms with Crippen LogP contribution in [0.25, 0.3) is 0 Å². The maximum atomic E-state index is 13.2. The van der Waals surface area contributed by atoms with Gasteiger partial charge in [0.2, 0.25) is 0 Å². The summed E-state index contributed by atoms with van der Waals surface area (Å²) in [4.78, 5) is 15.8. The molecule has 0 spiro atoms. The van der Waals surface area contributed by atoms with Crippen molar-refractivity contribution in [1.29, 1.82) is 0 Å². The first-order valence-corrected chi connectivity index (χ1v) is 13.7. The van der Waals surface area contributed by atoms with Gasteiger partial charge in [-0.05, 0) is 71.3 Å². The van der Waals surface area contributed by atoms with Crippen LogP contribution in [0.15, 0.2) is 47.6 Å². The van der Waals surface area contributed by atoms with E-state index in [1.54, 1.807) is 0 Å². The highest BCUT2D eigenvalue weighted by atomic mass is 127. The van der Waals surface area contributed by atoms with Gasteiger partial charge in [-0.3, -0.25) is 20.1 Å². The highest BCUT2D eigenvalue weighted by molar-refractivity contribution is 14.1. The summed E-state index contributed by atoms with van der Waals surface area (Å²) in [5.74, 6) is -0.141. The zero-order valence-corrected chi connectivity index (χ0v) is 22.6. The Balaban J connectivity index is 1.30. The minimum atomic E-state index is -0.141. The van der Waals surface area contributed by atoms with Gasteiger partial charge < -0.3 is 0 Å². The lowest BCUT2D eigenvalue weighted by atomic mass is 10.0. The predicted octanol–water partition coefficient (Wildman–Crippen LogP) is 5.50. The fraction of sp³-hybridized carbons (Fsp3) is 0.440.